The Bertz CT molecular complexity index is 555. The molecule has 0 spiro atoms. The molecule has 0 aliphatic heterocycles. The molecule has 0 aliphatic rings. The molecule has 0 heterocycles. The molecule has 0 fully saturated rings. The molecular formula is C12H10N2O4. The SMILES string of the molecule is CC(=O)NCC#Cc1ccc([N+](=O)[O-])c(C=O)c1. The molecule has 0 bridgehead atoms. The zero-order valence-electron chi connectivity index (χ0n) is 9.60. The van der Waals surface area contributed by atoms with Crippen LogP contribution in [0.2, 0.25) is 0 Å². The molecule has 0 atom stereocenters. The molecule has 0 aromatic heterocycles. The first-order chi connectivity index (χ1) is 8.54. The van der Waals surface area contributed by atoms with Gasteiger partial charge in [-0.05, 0) is 12.1 Å². The van der Waals surface area contributed by atoms with Crippen LogP contribution in [0.4, 0.5) is 5.69 Å². The van der Waals surface area contributed by atoms with Gasteiger partial charge in [0.25, 0.3) is 5.69 Å². The van der Waals surface area contributed by atoms with Crippen molar-refractivity contribution in [3.8, 4) is 11.8 Å². The number of rotatable bonds is 3. The van der Waals surface area contributed by atoms with Crippen LogP contribution in [0.25, 0.3) is 0 Å². The molecule has 18 heavy (non-hydrogen) atoms. The van der Waals surface area contributed by atoms with Gasteiger partial charge in [-0.15, -0.1) is 0 Å². The van der Waals surface area contributed by atoms with E-state index in [4.69, 9.17) is 0 Å². The summed E-state index contributed by atoms with van der Waals surface area (Å²) in [6, 6.07) is 4.02. The number of hydrogen-bond acceptors (Lipinski definition) is 4. The molecule has 6 nitrogen and oxygen atoms in total. The minimum absolute atomic E-state index is 0.0219. The Kier molecular flexibility index (Phi) is 4.58. The molecule has 1 rings (SSSR count). The van der Waals surface area contributed by atoms with Crippen molar-refractivity contribution in [2.45, 2.75) is 6.92 Å². The van der Waals surface area contributed by atoms with Crippen molar-refractivity contribution >= 4 is 17.9 Å². The average molecular weight is 246 g/mol. The van der Waals surface area contributed by atoms with Gasteiger partial charge in [0.2, 0.25) is 5.91 Å². The van der Waals surface area contributed by atoms with Crippen molar-refractivity contribution in [1.29, 1.82) is 0 Å². The van der Waals surface area contributed by atoms with E-state index >= 15 is 0 Å². The lowest BCUT2D eigenvalue weighted by Crippen LogP contribution is -2.19. The number of nitrogens with zero attached hydrogens (tertiary/aromatic N) is 1. The highest BCUT2D eigenvalue weighted by Gasteiger charge is 2.12. The Morgan fingerprint density at radius 2 is 2.28 bits per heavy atom. The summed E-state index contributed by atoms with van der Waals surface area (Å²) in [4.78, 5) is 31.2. The van der Waals surface area contributed by atoms with Gasteiger partial charge >= 0.3 is 0 Å². The molecule has 6 heteroatoms. The molecule has 92 valence electrons. The van der Waals surface area contributed by atoms with Gasteiger partial charge < -0.3 is 5.32 Å². The lowest BCUT2D eigenvalue weighted by atomic mass is 10.1. The normalized spacial score (nSPS) is 8.94. The quantitative estimate of drug-likeness (QED) is 0.371. The molecule has 0 saturated heterocycles. The highest BCUT2D eigenvalue weighted by atomic mass is 16.6. The van der Waals surface area contributed by atoms with Crippen LogP contribution in [-0.4, -0.2) is 23.7 Å². The summed E-state index contributed by atoms with van der Waals surface area (Å²) in [7, 11) is 0. The average Bonchev–Trinajstić information content (AvgIpc) is 2.33. The predicted octanol–water partition coefficient (Wildman–Crippen LogP) is 0.895. The summed E-state index contributed by atoms with van der Waals surface area (Å²) in [5.74, 6) is 5.17. The number of benzene rings is 1. The highest BCUT2D eigenvalue weighted by molar-refractivity contribution is 5.82. The molecule has 1 N–H and O–H groups in total. The molecule has 0 unspecified atom stereocenters. The second-order valence-corrected chi connectivity index (χ2v) is 3.36. The summed E-state index contributed by atoms with van der Waals surface area (Å²) in [6.07, 6.45) is 0.414. The van der Waals surface area contributed by atoms with Crippen LogP contribution in [0.5, 0.6) is 0 Å². The third-order valence-electron chi connectivity index (χ3n) is 2.01. The summed E-state index contributed by atoms with van der Waals surface area (Å²) < 4.78 is 0. The Labute approximate surface area is 103 Å². The van der Waals surface area contributed by atoms with Gasteiger partial charge in [-0.1, -0.05) is 11.8 Å². The predicted molar refractivity (Wildman–Crippen MR) is 64.0 cm³/mol. The summed E-state index contributed by atoms with van der Waals surface area (Å²) in [6.45, 7) is 1.56. The van der Waals surface area contributed by atoms with Crippen LogP contribution >= 0.6 is 0 Å². The topological polar surface area (TPSA) is 89.3 Å². The smallest absolute Gasteiger partial charge is 0.279 e. The molecule has 1 aromatic rings. The Hall–Kier alpha value is -2.68. The van der Waals surface area contributed by atoms with E-state index in [2.05, 4.69) is 17.2 Å². The van der Waals surface area contributed by atoms with E-state index in [1.54, 1.807) is 0 Å². The standard InChI is InChI=1S/C12H10N2O4/c1-9(16)13-6-2-3-10-4-5-12(14(17)18)11(7-10)8-15/h4-5,7-8H,6H2,1H3,(H,13,16). The molecule has 1 amide bonds. The van der Waals surface area contributed by atoms with Crippen molar-refractivity contribution in [2.24, 2.45) is 0 Å². The highest BCUT2D eigenvalue weighted by Crippen LogP contribution is 2.17. The fourth-order valence-electron chi connectivity index (χ4n) is 1.21. The zero-order chi connectivity index (χ0) is 13.5. The maximum Gasteiger partial charge on any atom is 0.279 e. The third kappa shape index (κ3) is 3.72. The van der Waals surface area contributed by atoms with Gasteiger partial charge in [0, 0.05) is 18.6 Å². The van der Waals surface area contributed by atoms with Gasteiger partial charge in [-0.3, -0.25) is 19.7 Å². The van der Waals surface area contributed by atoms with Crippen LogP contribution in [0, 0.1) is 22.0 Å². The van der Waals surface area contributed by atoms with Gasteiger partial charge in [-0.25, -0.2) is 0 Å². The van der Waals surface area contributed by atoms with E-state index in [1.165, 1.54) is 25.1 Å². The monoisotopic (exact) mass is 246 g/mol. The van der Waals surface area contributed by atoms with E-state index in [0.29, 0.717) is 11.8 Å². The molecule has 1 aromatic carbocycles. The maximum absolute atomic E-state index is 10.7. The van der Waals surface area contributed by atoms with Crippen molar-refractivity contribution in [3.63, 3.8) is 0 Å². The number of nitrogens with one attached hydrogen (secondary N) is 1. The Morgan fingerprint density at radius 3 is 2.83 bits per heavy atom. The number of amides is 1. The third-order valence-corrected chi connectivity index (χ3v) is 2.01. The fourth-order valence-corrected chi connectivity index (χ4v) is 1.21. The van der Waals surface area contributed by atoms with E-state index in [9.17, 15) is 19.7 Å². The van der Waals surface area contributed by atoms with E-state index < -0.39 is 4.92 Å². The number of hydrogen-bond donors (Lipinski definition) is 1. The lowest BCUT2D eigenvalue weighted by Gasteiger charge is -1.96. The van der Waals surface area contributed by atoms with Crippen LogP contribution < -0.4 is 5.32 Å². The van der Waals surface area contributed by atoms with Crippen molar-refractivity contribution in [1.82, 2.24) is 5.32 Å². The number of nitro benzene ring substituents is 1. The molecule has 0 aliphatic carbocycles. The second-order valence-electron chi connectivity index (χ2n) is 3.36. The first kappa shape index (κ1) is 13.4. The van der Waals surface area contributed by atoms with Gasteiger partial charge in [-0.2, -0.15) is 0 Å². The first-order valence-electron chi connectivity index (χ1n) is 5.01. The van der Waals surface area contributed by atoms with Crippen molar-refractivity contribution in [3.05, 3.63) is 39.4 Å². The minimum atomic E-state index is -0.627. The van der Waals surface area contributed by atoms with Crippen molar-refractivity contribution in [2.75, 3.05) is 6.54 Å². The van der Waals surface area contributed by atoms with Crippen LogP contribution in [0.15, 0.2) is 18.2 Å². The zero-order valence-corrected chi connectivity index (χ0v) is 9.60. The largest absolute Gasteiger partial charge is 0.345 e. The molecule has 0 radical (unpaired) electrons. The van der Waals surface area contributed by atoms with Crippen LogP contribution in [0.1, 0.15) is 22.8 Å². The lowest BCUT2D eigenvalue weighted by molar-refractivity contribution is -0.385. The van der Waals surface area contributed by atoms with Crippen LogP contribution in [0.3, 0.4) is 0 Å². The summed E-state index contributed by atoms with van der Waals surface area (Å²) >= 11 is 0. The van der Waals surface area contributed by atoms with Gasteiger partial charge in [0.15, 0.2) is 6.29 Å². The molecule has 0 saturated carbocycles. The summed E-state index contributed by atoms with van der Waals surface area (Å²) in [5, 5.41) is 13.1. The van der Waals surface area contributed by atoms with E-state index in [-0.39, 0.29) is 23.7 Å². The van der Waals surface area contributed by atoms with Gasteiger partial charge in [0.1, 0.15) is 0 Å². The molecular weight excluding hydrogens is 236 g/mol. The minimum Gasteiger partial charge on any atom is -0.345 e. The number of nitro groups is 1. The number of carbonyl (C=O) groups excluding carboxylic acids is 2. The van der Waals surface area contributed by atoms with Gasteiger partial charge in [0.05, 0.1) is 17.0 Å². The Balaban J connectivity index is 2.89. The van der Waals surface area contributed by atoms with E-state index in [1.807, 2.05) is 0 Å². The van der Waals surface area contributed by atoms with E-state index in [0.717, 1.165) is 0 Å². The first-order valence-corrected chi connectivity index (χ1v) is 5.01. The summed E-state index contributed by atoms with van der Waals surface area (Å²) in [5.41, 5.74) is 0.205. The van der Waals surface area contributed by atoms with Crippen molar-refractivity contribution < 1.29 is 14.5 Å². The maximum atomic E-state index is 10.7. The Morgan fingerprint density at radius 1 is 1.56 bits per heavy atom. The number of aldehydes is 1. The second kappa shape index (κ2) is 6.15. The number of carbonyl (C=O) groups is 2. The fraction of sp³-hybridized carbons (Fsp3) is 0.167. The van der Waals surface area contributed by atoms with Crippen LogP contribution in [-0.2, 0) is 4.79 Å².